The van der Waals surface area contributed by atoms with Gasteiger partial charge in [-0.2, -0.15) is 0 Å². The Morgan fingerprint density at radius 1 is 0.576 bits per heavy atom. The van der Waals surface area contributed by atoms with Gasteiger partial charge in [0, 0.05) is 13.1 Å². The van der Waals surface area contributed by atoms with Gasteiger partial charge in [-0.05, 0) is 12.8 Å². The molecule has 0 saturated carbocycles. The van der Waals surface area contributed by atoms with Gasteiger partial charge in [-0.3, -0.25) is 9.59 Å². The third kappa shape index (κ3) is 23.9. The topological polar surface area (TPSA) is 84.2 Å². The van der Waals surface area contributed by atoms with Gasteiger partial charge in [0.1, 0.15) is 0 Å². The molecule has 0 bridgehead atoms. The van der Waals surface area contributed by atoms with Crippen molar-refractivity contribution in [2.75, 3.05) is 13.1 Å². The summed E-state index contributed by atoms with van der Waals surface area (Å²) in [5.74, 6) is -1.38. The van der Waals surface area contributed by atoms with Crippen molar-refractivity contribution in [2.24, 2.45) is 5.73 Å². The van der Waals surface area contributed by atoms with Crippen LogP contribution in [-0.4, -0.2) is 38.0 Å². The van der Waals surface area contributed by atoms with Crippen LogP contribution in [0.4, 0.5) is 4.79 Å². The summed E-state index contributed by atoms with van der Waals surface area (Å²) in [5, 5.41) is 5.70. The summed E-state index contributed by atoms with van der Waals surface area (Å²) in [6.07, 6.45) is 25.4. The lowest BCUT2D eigenvalue weighted by Crippen LogP contribution is -2.49. The fraction of sp³-hybridized carbons (Fsp3) is 0.926. The van der Waals surface area contributed by atoms with Crippen molar-refractivity contribution in [3.05, 3.63) is 0 Å². The zero-order valence-electron chi connectivity index (χ0n) is 22.1. The Hall–Kier alpha value is -1.04. The summed E-state index contributed by atoms with van der Waals surface area (Å²) in [4.78, 5) is 24.0. The highest BCUT2D eigenvalue weighted by Gasteiger charge is 2.18. The average molecular weight is 465 g/mol. The maximum absolute atomic E-state index is 12.1. The molecule has 33 heavy (non-hydrogen) atoms. The van der Waals surface area contributed by atoms with Gasteiger partial charge in [-0.1, -0.05) is 129 Å². The summed E-state index contributed by atoms with van der Waals surface area (Å²) in [7, 11) is 1.30. The van der Waals surface area contributed by atoms with E-state index >= 15 is 0 Å². The molecule has 0 unspecified atom stereocenters. The van der Waals surface area contributed by atoms with Crippen LogP contribution in [0.25, 0.3) is 0 Å². The van der Waals surface area contributed by atoms with Crippen molar-refractivity contribution in [1.82, 2.24) is 10.6 Å². The number of carbonyl (C=O) groups is 2. The lowest BCUT2D eigenvalue weighted by Gasteiger charge is -2.11. The van der Waals surface area contributed by atoms with E-state index in [0.717, 1.165) is 25.7 Å². The first-order chi connectivity index (χ1) is 16.1. The first-order valence-electron chi connectivity index (χ1n) is 14.3. The quantitative estimate of drug-likeness (QED) is 0.105. The maximum Gasteiger partial charge on any atom is 0.265 e. The highest BCUT2D eigenvalue weighted by Crippen LogP contribution is 2.11. The SMILES string of the molecule is CCCCCCCCCCCCNC(=O)[B][C@H](N)C(=O)NCCCCCCCCCCCC. The summed E-state index contributed by atoms with van der Waals surface area (Å²) in [6.45, 7) is 5.78. The molecule has 0 aliphatic rings. The van der Waals surface area contributed by atoms with Gasteiger partial charge in [0.05, 0.1) is 5.94 Å². The Labute approximate surface area is 206 Å². The molecule has 0 fully saturated rings. The van der Waals surface area contributed by atoms with E-state index in [9.17, 15) is 9.59 Å². The lowest BCUT2D eigenvalue weighted by atomic mass is 9.68. The molecule has 0 spiro atoms. The van der Waals surface area contributed by atoms with E-state index < -0.39 is 5.94 Å². The molecule has 4 N–H and O–H groups in total. The summed E-state index contributed by atoms with van der Waals surface area (Å²) >= 11 is 0. The molecule has 0 saturated heterocycles. The third-order valence-electron chi connectivity index (χ3n) is 6.29. The second kappa shape index (κ2) is 25.6. The fourth-order valence-corrected chi connectivity index (χ4v) is 4.06. The second-order valence-corrected chi connectivity index (χ2v) is 9.64. The van der Waals surface area contributed by atoms with E-state index in [1.165, 1.54) is 110 Å². The first kappa shape index (κ1) is 32.0. The number of rotatable bonds is 25. The Kier molecular flexibility index (Phi) is 24.8. The van der Waals surface area contributed by atoms with Crippen LogP contribution in [0.2, 0.25) is 0 Å². The van der Waals surface area contributed by atoms with Crippen molar-refractivity contribution in [1.29, 1.82) is 0 Å². The van der Waals surface area contributed by atoms with Crippen molar-refractivity contribution in [3.8, 4) is 0 Å². The number of nitrogens with two attached hydrogens (primary N) is 1. The number of nitrogens with one attached hydrogen (secondary N) is 2. The molecule has 0 aliphatic heterocycles. The molecule has 2 amide bonds. The monoisotopic (exact) mass is 464 g/mol. The van der Waals surface area contributed by atoms with Crippen LogP contribution >= 0.6 is 0 Å². The Morgan fingerprint density at radius 2 is 0.909 bits per heavy atom. The molecule has 0 aromatic heterocycles. The smallest absolute Gasteiger partial charge is 0.265 e. The average Bonchev–Trinajstić information content (AvgIpc) is 2.80. The van der Waals surface area contributed by atoms with Crippen molar-refractivity contribution < 1.29 is 9.59 Å². The van der Waals surface area contributed by atoms with Crippen molar-refractivity contribution in [2.45, 2.75) is 148 Å². The zero-order chi connectivity index (χ0) is 24.4. The third-order valence-corrected chi connectivity index (χ3v) is 6.29. The van der Waals surface area contributed by atoms with E-state index in [2.05, 4.69) is 24.5 Å². The number of hydrogen-bond acceptors (Lipinski definition) is 3. The largest absolute Gasteiger partial charge is 0.365 e. The molecule has 193 valence electrons. The van der Waals surface area contributed by atoms with Gasteiger partial charge in [-0.25, -0.2) is 0 Å². The first-order valence-corrected chi connectivity index (χ1v) is 14.3. The van der Waals surface area contributed by atoms with E-state index in [-0.39, 0.29) is 11.7 Å². The molecule has 0 aliphatic carbocycles. The van der Waals surface area contributed by atoms with Crippen molar-refractivity contribution in [3.63, 3.8) is 0 Å². The van der Waals surface area contributed by atoms with Crippen LogP contribution in [0.5, 0.6) is 0 Å². The maximum atomic E-state index is 12.1. The highest BCUT2D eigenvalue weighted by atomic mass is 16.2. The molecular formula is C27H55BN3O2. The fourth-order valence-electron chi connectivity index (χ4n) is 4.06. The van der Waals surface area contributed by atoms with Gasteiger partial charge < -0.3 is 16.4 Å². The lowest BCUT2D eigenvalue weighted by molar-refractivity contribution is -0.120. The minimum atomic E-state index is -0.874. The summed E-state index contributed by atoms with van der Waals surface area (Å²) in [6, 6.07) is 0. The Morgan fingerprint density at radius 3 is 1.30 bits per heavy atom. The Bertz CT molecular complexity index is 449. The molecule has 5 nitrogen and oxygen atoms in total. The van der Waals surface area contributed by atoms with E-state index in [0.29, 0.717) is 13.1 Å². The van der Waals surface area contributed by atoms with Crippen molar-refractivity contribution >= 4 is 19.0 Å². The predicted octanol–water partition coefficient (Wildman–Crippen LogP) is 6.64. The Balaban J connectivity index is 3.46. The van der Waals surface area contributed by atoms with E-state index in [4.69, 9.17) is 5.73 Å². The number of hydrogen-bond donors (Lipinski definition) is 3. The van der Waals surface area contributed by atoms with Gasteiger partial charge in [0.15, 0.2) is 5.81 Å². The van der Waals surface area contributed by atoms with Crippen LogP contribution in [0.3, 0.4) is 0 Å². The summed E-state index contributed by atoms with van der Waals surface area (Å²) < 4.78 is 0. The number of amides is 2. The molecular weight excluding hydrogens is 409 g/mol. The zero-order valence-corrected chi connectivity index (χ0v) is 22.1. The van der Waals surface area contributed by atoms with Crippen LogP contribution in [-0.2, 0) is 4.79 Å². The molecule has 0 rings (SSSR count). The van der Waals surface area contributed by atoms with Crippen LogP contribution < -0.4 is 16.4 Å². The molecule has 0 aromatic carbocycles. The highest BCUT2D eigenvalue weighted by molar-refractivity contribution is 6.77. The number of carbonyl (C=O) groups excluding carboxylic acids is 2. The molecule has 1 atom stereocenters. The van der Waals surface area contributed by atoms with Gasteiger partial charge in [-0.15, -0.1) is 0 Å². The minimum Gasteiger partial charge on any atom is -0.365 e. The molecule has 0 aromatic rings. The minimum absolute atomic E-state index is 0.243. The summed E-state index contributed by atoms with van der Waals surface area (Å²) in [5.41, 5.74) is 5.85. The van der Waals surface area contributed by atoms with Crippen LogP contribution in [0.15, 0.2) is 0 Å². The van der Waals surface area contributed by atoms with Crippen LogP contribution in [0, 0.1) is 0 Å². The molecule has 6 heteroatoms. The van der Waals surface area contributed by atoms with Gasteiger partial charge >= 0.3 is 0 Å². The standard InChI is InChI=1S/C27H55BN3O2/c1-3-5-7-9-11-13-15-17-19-21-23-30-26(32)25(29)28-27(33)31-24-22-20-18-16-14-12-10-8-6-4-2/h25H,3-24,29H2,1-2H3,(H,30,32)(H,31,33)/t25-/m1/s1. The second-order valence-electron chi connectivity index (χ2n) is 9.64. The van der Waals surface area contributed by atoms with E-state index in [1.54, 1.807) is 0 Å². The van der Waals surface area contributed by atoms with Gasteiger partial charge in [0.25, 0.3) is 7.28 Å². The van der Waals surface area contributed by atoms with Crippen LogP contribution in [0.1, 0.15) is 142 Å². The molecule has 1 radical (unpaired) electrons. The number of unbranched alkanes of at least 4 members (excludes halogenated alkanes) is 18. The van der Waals surface area contributed by atoms with E-state index in [1.807, 2.05) is 0 Å². The predicted molar refractivity (Wildman–Crippen MR) is 144 cm³/mol. The normalized spacial score (nSPS) is 11.8. The van der Waals surface area contributed by atoms with Gasteiger partial charge in [0.2, 0.25) is 5.91 Å². The molecule has 0 heterocycles.